The third-order valence-electron chi connectivity index (χ3n) is 4.96. The van der Waals surface area contributed by atoms with Crippen LogP contribution in [0.1, 0.15) is 52.1 Å². The Morgan fingerprint density at radius 2 is 1.65 bits per heavy atom. The molecule has 31 heavy (non-hydrogen) atoms. The number of nitrogens with one attached hydrogen (secondary N) is 1. The van der Waals surface area contributed by atoms with Crippen LogP contribution in [0.5, 0.6) is 5.75 Å². The number of ether oxygens (including phenoxy) is 1. The van der Waals surface area contributed by atoms with Crippen LogP contribution in [0, 0.1) is 5.92 Å². The minimum absolute atomic E-state index is 0.190. The van der Waals surface area contributed by atoms with Gasteiger partial charge in [0.25, 0.3) is 0 Å². The maximum atomic E-state index is 13.3. The van der Waals surface area contributed by atoms with E-state index in [1.165, 1.54) is 4.31 Å². The van der Waals surface area contributed by atoms with Gasteiger partial charge in [0.1, 0.15) is 11.8 Å². The maximum Gasteiger partial charge on any atom is 0.244 e. The molecule has 2 aromatic rings. The predicted molar refractivity (Wildman–Crippen MR) is 126 cm³/mol. The fourth-order valence-electron chi connectivity index (χ4n) is 3.62. The Morgan fingerprint density at radius 1 is 1.03 bits per heavy atom. The lowest BCUT2D eigenvalue weighted by Crippen LogP contribution is -2.50. The molecule has 0 bridgehead atoms. The van der Waals surface area contributed by atoms with Gasteiger partial charge in [-0.1, -0.05) is 51.1 Å². The first kappa shape index (κ1) is 24.7. The van der Waals surface area contributed by atoms with E-state index in [1.807, 2.05) is 44.2 Å². The monoisotopic (exact) mass is 446 g/mol. The molecule has 7 heteroatoms. The molecule has 0 spiro atoms. The van der Waals surface area contributed by atoms with Crippen LogP contribution in [0.4, 0.5) is 5.69 Å². The second-order valence-electron chi connectivity index (χ2n) is 8.01. The van der Waals surface area contributed by atoms with Crippen molar-refractivity contribution in [3.8, 4) is 5.75 Å². The van der Waals surface area contributed by atoms with Crippen LogP contribution in [0.3, 0.4) is 0 Å². The fourth-order valence-corrected chi connectivity index (χ4v) is 4.83. The molecule has 1 amide bonds. The van der Waals surface area contributed by atoms with Crippen molar-refractivity contribution in [3.05, 3.63) is 60.2 Å². The molecule has 2 atom stereocenters. The number of benzene rings is 2. The molecule has 0 radical (unpaired) electrons. The maximum absolute atomic E-state index is 13.3. The molecule has 0 aliphatic rings. The molecule has 0 aromatic heterocycles. The summed E-state index contributed by atoms with van der Waals surface area (Å²) in [6.07, 6.45) is 2.23. The van der Waals surface area contributed by atoms with Gasteiger partial charge in [-0.3, -0.25) is 9.10 Å². The second-order valence-corrected chi connectivity index (χ2v) is 9.87. The highest BCUT2D eigenvalue weighted by molar-refractivity contribution is 7.92. The molecule has 6 nitrogen and oxygen atoms in total. The van der Waals surface area contributed by atoms with E-state index in [0.717, 1.165) is 18.2 Å². The van der Waals surface area contributed by atoms with Crippen LogP contribution >= 0.6 is 0 Å². The van der Waals surface area contributed by atoms with Crippen molar-refractivity contribution in [2.24, 2.45) is 5.92 Å². The number of hydrogen-bond donors (Lipinski definition) is 1. The summed E-state index contributed by atoms with van der Waals surface area (Å²) >= 11 is 0. The van der Waals surface area contributed by atoms with Gasteiger partial charge in [-0.05, 0) is 55.5 Å². The Kier molecular flexibility index (Phi) is 8.92. The molecule has 1 N–H and O–H groups in total. The first-order chi connectivity index (χ1) is 14.7. The molecular weight excluding hydrogens is 412 g/mol. The Bertz CT molecular complexity index is 928. The first-order valence-corrected chi connectivity index (χ1v) is 12.6. The number of amides is 1. The third-order valence-corrected chi connectivity index (χ3v) is 6.14. The quantitative estimate of drug-likeness (QED) is 0.550. The number of hydrogen-bond acceptors (Lipinski definition) is 4. The zero-order valence-corrected chi connectivity index (χ0v) is 19.9. The van der Waals surface area contributed by atoms with Crippen molar-refractivity contribution in [2.45, 2.75) is 52.6 Å². The number of rotatable bonds is 11. The van der Waals surface area contributed by atoms with Gasteiger partial charge >= 0.3 is 0 Å². The number of anilines is 1. The Labute approximate surface area is 186 Å². The van der Waals surface area contributed by atoms with Gasteiger partial charge in [-0.2, -0.15) is 0 Å². The Hall–Kier alpha value is -2.54. The van der Waals surface area contributed by atoms with Crippen molar-refractivity contribution >= 4 is 21.6 Å². The van der Waals surface area contributed by atoms with Crippen molar-refractivity contribution < 1.29 is 17.9 Å². The summed E-state index contributed by atoms with van der Waals surface area (Å²) in [5.74, 6) is 0.706. The van der Waals surface area contributed by atoms with Gasteiger partial charge < -0.3 is 10.1 Å². The molecular formula is C24H34N2O4S. The highest BCUT2D eigenvalue weighted by Crippen LogP contribution is 2.27. The van der Waals surface area contributed by atoms with Crippen LogP contribution in [0.25, 0.3) is 0 Å². The molecule has 170 valence electrons. The van der Waals surface area contributed by atoms with Crippen molar-refractivity contribution in [2.75, 3.05) is 17.2 Å². The summed E-state index contributed by atoms with van der Waals surface area (Å²) in [4.78, 5) is 13.3. The topological polar surface area (TPSA) is 75.7 Å². The largest absolute Gasteiger partial charge is 0.494 e. The zero-order chi connectivity index (χ0) is 23.0. The highest BCUT2D eigenvalue weighted by Gasteiger charge is 2.32. The standard InChI is InChI=1S/C24H34N2O4S/c1-6-23(24(27)25-22(17-18(3)4)19-11-9-8-10-12-19)26(31(5,28)29)20-13-15-21(16-14-20)30-7-2/h8-16,18,22-23H,6-7,17H2,1-5H3,(H,25,27). The molecule has 0 aliphatic carbocycles. The van der Waals surface area contributed by atoms with Crippen molar-refractivity contribution in [1.82, 2.24) is 5.32 Å². The molecule has 0 heterocycles. The normalized spacial score (nSPS) is 13.5. The van der Waals surface area contributed by atoms with Crippen LogP contribution in [0.2, 0.25) is 0 Å². The first-order valence-electron chi connectivity index (χ1n) is 10.7. The SMILES string of the molecule is CCOc1ccc(N(C(CC)C(=O)NC(CC(C)C)c2ccccc2)S(C)(=O)=O)cc1. The minimum atomic E-state index is -3.69. The van der Waals surface area contributed by atoms with E-state index in [1.54, 1.807) is 24.3 Å². The van der Waals surface area contributed by atoms with E-state index in [2.05, 4.69) is 19.2 Å². The fraction of sp³-hybridized carbons (Fsp3) is 0.458. The van der Waals surface area contributed by atoms with Gasteiger partial charge in [0.2, 0.25) is 15.9 Å². The zero-order valence-electron chi connectivity index (χ0n) is 19.0. The summed E-state index contributed by atoms with van der Waals surface area (Å²) in [6.45, 7) is 8.42. The van der Waals surface area contributed by atoms with Gasteiger partial charge in [-0.15, -0.1) is 0 Å². The smallest absolute Gasteiger partial charge is 0.244 e. The lowest BCUT2D eigenvalue weighted by molar-refractivity contribution is -0.123. The highest BCUT2D eigenvalue weighted by atomic mass is 32.2. The predicted octanol–water partition coefficient (Wildman–Crippen LogP) is 4.53. The summed E-state index contributed by atoms with van der Waals surface area (Å²) in [5.41, 5.74) is 1.44. The van der Waals surface area contributed by atoms with Crippen LogP contribution < -0.4 is 14.4 Å². The number of sulfonamides is 1. The van der Waals surface area contributed by atoms with E-state index in [-0.39, 0.29) is 11.9 Å². The molecule has 0 saturated heterocycles. The van der Waals surface area contributed by atoms with Gasteiger partial charge in [0.15, 0.2) is 0 Å². The Morgan fingerprint density at radius 3 is 2.13 bits per heavy atom. The summed E-state index contributed by atoms with van der Waals surface area (Å²) < 4.78 is 32.0. The van der Waals surface area contributed by atoms with Crippen LogP contribution in [-0.2, 0) is 14.8 Å². The van der Waals surface area contributed by atoms with Gasteiger partial charge in [-0.25, -0.2) is 8.42 Å². The minimum Gasteiger partial charge on any atom is -0.494 e. The van der Waals surface area contributed by atoms with Gasteiger partial charge in [0.05, 0.1) is 24.6 Å². The summed E-state index contributed by atoms with van der Waals surface area (Å²) in [6, 6.07) is 15.5. The average Bonchev–Trinajstić information content (AvgIpc) is 2.72. The molecule has 2 rings (SSSR count). The van der Waals surface area contributed by atoms with E-state index >= 15 is 0 Å². The van der Waals surface area contributed by atoms with Gasteiger partial charge in [0, 0.05) is 0 Å². The second kappa shape index (κ2) is 11.2. The number of nitrogens with zero attached hydrogens (tertiary/aromatic N) is 1. The lowest BCUT2D eigenvalue weighted by atomic mass is 9.96. The Balaban J connectivity index is 2.34. The third kappa shape index (κ3) is 6.99. The van der Waals surface area contributed by atoms with E-state index in [0.29, 0.717) is 30.4 Å². The van der Waals surface area contributed by atoms with E-state index in [9.17, 15) is 13.2 Å². The van der Waals surface area contributed by atoms with Crippen molar-refractivity contribution in [3.63, 3.8) is 0 Å². The molecule has 2 unspecified atom stereocenters. The van der Waals surface area contributed by atoms with Crippen LogP contribution in [-0.4, -0.2) is 33.2 Å². The summed E-state index contributed by atoms with van der Waals surface area (Å²) in [7, 11) is -3.69. The molecule has 0 fully saturated rings. The van der Waals surface area contributed by atoms with E-state index in [4.69, 9.17) is 4.74 Å². The van der Waals surface area contributed by atoms with E-state index < -0.39 is 16.1 Å². The van der Waals surface area contributed by atoms with Crippen molar-refractivity contribution in [1.29, 1.82) is 0 Å². The summed E-state index contributed by atoms with van der Waals surface area (Å²) in [5, 5.41) is 3.10. The molecule has 2 aromatic carbocycles. The average molecular weight is 447 g/mol. The molecule has 0 aliphatic heterocycles. The van der Waals surface area contributed by atoms with Crippen LogP contribution in [0.15, 0.2) is 54.6 Å². The lowest BCUT2D eigenvalue weighted by Gasteiger charge is -2.32. The number of carbonyl (C=O) groups excluding carboxylic acids is 1. The molecule has 0 saturated carbocycles. The number of carbonyl (C=O) groups is 1.